The number of ether oxygens (including phenoxy) is 2. The molecule has 0 unspecified atom stereocenters. The number of benzene rings is 3. The molecular formula is C27H26F2N2O4. The number of hydrogen-bond donors (Lipinski definition) is 2. The minimum absolute atomic E-state index is 0.0675. The van der Waals surface area contributed by atoms with Crippen LogP contribution in [-0.4, -0.2) is 36.8 Å². The van der Waals surface area contributed by atoms with Crippen molar-refractivity contribution >= 4 is 17.3 Å². The number of nitrogens with zero attached hydrogens (tertiary/aromatic N) is 1. The number of hydrogen-bond acceptors (Lipinski definition) is 5. The van der Waals surface area contributed by atoms with Crippen LogP contribution in [0.1, 0.15) is 39.9 Å². The van der Waals surface area contributed by atoms with E-state index in [2.05, 4.69) is 5.32 Å². The number of anilines is 2. The van der Waals surface area contributed by atoms with Gasteiger partial charge in [-0.2, -0.15) is 0 Å². The number of rotatable bonds is 7. The first-order chi connectivity index (χ1) is 17.0. The third kappa shape index (κ3) is 4.93. The number of halogens is 2. The third-order valence-corrected chi connectivity index (χ3v) is 6.33. The minimum atomic E-state index is -2.81. The van der Waals surface area contributed by atoms with Crippen LogP contribution in [-0.2, 0) is 17.8 Å². The molecule has 3 aromatic carbocycles. The molecular weight excluding hydrogens is 454 g/mol. The molecule has 0 spiro atoms. The Balaban J connectivity index is 1.42. The third-order valence-electron chi connectivity index (χ3n) is 6.33. The van der Waals surface area contributed by atoms with Crippen molar-refractivity contribution in [3.8, 4) is 11.5 Å². The van der Waals surface area contributed by atoms with Gasteiger partial charge in [-0.3, -0.25) is 4.79 Å². The summed E-state index contributed by atoms with van der Waals surface area (Å²) >= 11 is 0. The summed E-state index contributed by atoms with van der Waals surface area (Å²) in [5.41, 5.74) is 2.97. The number of aromatic hydroxyl groups is 1. The first-order valence-corrected chi connectivity index (χ1v) is 11.6. The van der Waals surface area contributed by atoms with Crippen LogP contribution in [0.3, 0.4) is 0 Å². The molecule has 35 heavy (non-hydrogen) atoms. The Morgan fingerprint density at radius 1 is 1.17 bits per heavy atom. The Morgan fingerprint density at radius 3 is 2.74 bits per heavy atom. The van der Waals surface area contributed by atoms with Crippen molar-refractivity contribution in [3.05, 3.63) is 82.9 Å². The molecule has 2 aliphatic rings. The monoisotopic (exact) mass is 480 g/mol. The van der Waals surface area contributed by atoms with Crippen LogP contribution in [0.25, 0.3) is 0 Å². The minimum Gasteiger partial charge on any atom is -0.507 e. The van der Waals surface area contributed by atoms with Crippen LogP contribution in [0.15, 0.2) is 60.7 Å². The van der Waals surface area contributed by atoms with Crippen molar-refractivity contribution in [3.63, 3.8) is 0 Å². The first kappa shape index (κ1) is 23.1. The molecule has 3 aromatic rings. The Kier molecular flexibility index (Phi) is 6.55. The van der Waals surface area contributed by atoms with E-state index in [1.54, 1.807) is 4.90 Å². The van der Waals surface area contributed by atoms with Crippen LogP contribution in [0.2, 0.25) is 0 Å². The van der Waals surface area contributed by atoms with Crippen molar-refractivity contribution < 1.29 is 28.2 Å². The van der Waals surface area contributed by atoms with Crippen LogP contribution >= 0.6 is 0 Å². The van der Waals surface area contributed by atoms with Crippen molar-refractivity contribution in [2.45, 2.75) is 31.9 Å². The fourth-order valence-corrected chi connectivity index (χ4v) is 4.53. The molecule has 0 aromatic heterocycles. The second kappa shape index (κ2) is 9.92. The van der Waals surface area contributed by atoms with Crippen LogP contribution in [0.4, 0.5) is 20.2 Å². The quantitative estimate of drug-likeness (QED) is 0.480. The highest BCUT2D eigenvalue weighted by Gasteiger charge is 2.31. The van der Waals surface area contributed by atoms with Gasteiger partial charge in [0.2, 0.25) is 0 Å². The highest BCUT2D eigenvalue weighted by atomic mass is 19.3. The summed E-state index contributed by atoms with van der Waals surface area (Å²) < 4.78 is 38.1. The van der Waals surface area contributed by atoms with Gasteiger partial charge in [0.1, 0.15) is 23.7 Å². The zero-order chi connectivity index (χ0) is 24.4. The van der Waals surface area contributed by atoms with Gasteiger partial charge in [-0.15, -0.1) is 0 Å². The molecule has 0 bridgehead atoms. The molecule has 0 aliphatic carbocycles. The van der Waals surface area contributed by atoms with Gasteiger partial charge in [0.05, 0.1) is 12.6 Å². The summed E-state index contributed by atoms with van der Waals surface area (Å²) in [7, 11) is 0. The maximum atomic E-state index is 13.6. The molecule has 8 heteroatoms. The molecule has 0 radical (unpaired) electrons. The number of carbonyl (C=O) groups is 1. The lowest BCUT2D eigenvalue weighted by Crippen LogP contribution is -2.29. The number of alkyl halides is 2. The van der Waals surface area contributed by atoms with E-state index in [4.69, 9.17) is 9.47 Å². The topological polar surface area (TPSA) is 71.0 Å². The van der Waals surface area contributed by atoms with Gasteiger partial charge >= 0.3 is 0 Å². The van der Waals surface area contributed by atoms with Crippen molar-refractivity contribution in [2.24, 2.45) is 0 Å². The van der Waals surface area contributed by atoms with Gasteiger partial charge in [0, 0.05) is 30.1 Å². The van der Waals surface area contributed by atoms with Gasteiger partial charge in [0.25, 0.3) is 12.3 Å². The number of phenols is 1. The predicted molar refractivity (Wildman–Crippen MR) is 129 cm³/mol. The fraction of sp³-hybridized carbons (Fsp3) is 0.296. The molecule has 1 atom stereocenters. The molecule has 2 aliphatic heterocycles. The average molecular weight is 481 g/mol. The Hall–Kier alpha value is -3.65. The molecule has 5 rings (SSSR count). The fourth-order valence-electron chi connectivity index (χ4n) is 4.53. The number of amides is 1. The van der Waals surface area contributed by atoms with E-state index in [1.165, 1.54) is 0 Å². The smallest absolute Gasteiger partial charge is 0.265 e. The standard InChI is InChI=1S/C27H26F2N2O4/c28-26(29)19-13-23(32)25(24(14-19)35-15-17-4-2-1-3-5-17)27(33)31-10-8-18-12-20(6-7-22(18)31)30-21-9-11-34-16-21/h1-7,12-14,21,26,30,32H,8-11,15-16H2/t21-/m0/s1. The van der Waals surface area contributed by atoms with E-state index in [0.29, 0.717) is 19.6 Å². The van der Waals surface area contributed by atoms with E-state index >= 15 is 0 Å². The molecule has 2 heterocycles. The summed E-state index contributed by atoms with van der Waals surface area (Å²) in [6, 6.07) is 17.3. The van der Waals surface area contributed by atoms with Gasteiger partial charge in [-0.1, -0.05) is 30.3 Å². The van der Waals surface area contributed by atoms with Gasteiger partial charge in [-0.25, -0.2) is 8.78 Å². The van der Waals surface area contributed by atoms with Crippen molar-refractivity contribution in [1.29, 1.82) is 0 Å². The Labute approximate surface area is 202 Å². The second-order valence-corrected chi connectivity index (χ2v) is 8.74. The van der Waals surface area contributed by atoms with E-state index in [0.717, 1.165) is 47.7 Å². The average Bonchev–Trinajstić information content (AvgIpc) is 3.52. The van der Waals surface area contributed by atoms with E-state index in [9.17, 15) is 18.7 Å². The Bertz CT molecular complexity index is 1210. The number of carbonyl (C=O) groups excluding carboxylic acids is 1. The van der Waals surface area contributed by atoms with Crippen molar-refractivity contribution in [1.82, 2.24) is 0 Å². The first-order valence-electron chi connectivity index (χ1n) is 11.6. The molecule has 6 nitrogen and oxygen atoms in total. The van der Waals surface area contributed by atoms with E-state index < -0.39 is 23.6 Å². The number of phenolic OH excluding ortho intramolecular Hbond substituents is 1. The summed E-state index contributed by atoms with van der Waals surface area (Å²) in [6.45, 7) is 1.90. The van der Waals surface area contributed by atoms with Crippen LogP contribution in [0.5, 0.6) is 11.5 Å². The highest BCUT2D eigenvalue weighted by molar-refractivity contribution is 6.10. The molecule has 0 saturated carbocycles. The zero-order valence-electron chi connectivity index (χ0n) is 19.0. The summed E-state index contributed by atoms with van der Waals surface area (Å²) in [4.78, 5) is 15.1. The van der Waals surface area contributed by atoms with E-state index in [1.807, 2.05) is 48.5 Å². The van der Waals surface area contributed by atoms with Gasteiger partial charge in [-0.05, 0) is 54.3 Å². The van der Waals surface area contributed by atoms with Crippen molar-refractivity contribution in [2.75, 3.05) is 30.0 Å². The summed E-state index contributed by atoms with van der Waals surface area (Å²) in [5.74, 6) is -1.08. The lowest BCUT2D eigenvalue weighted by atomic mass is 10.1. The maximum Gasteiger partial charge on any atom is 0.265 e. The SMILES string of the molecule is O=C(c1c(O)cc(C(F)F)cc1OCc1ccccc1)N1CCc2cc(N[C@H]3CCOC3)ccc21. The van der Waals surface area contributed by atoms with Gasteiger partial charge < -0.3 is 24.8 Å². The highest BCUT2D eigenvalue weighted by Crippen LogP contribution is 2.38. The van der Waals surface area contributed by atoms with Gasteiger partial charge in [0.15, 0.2) is 0 Å². The molecule has 182 valence electrons. The molecule has 2 N–H and O–H groups in total. The maximum absolute atomic E-state index is 13.6. The normalized spacial score (nSPS) is 17.0. The number of fused-ring (bicyclic) bond motifs is 1. The lowest BCUT2D eigenvalue weighted by Gasteiger charge is -2.21. The summed E-state index contributed by atoms with van der Waals surface area (Å²) in [6.07, 6.45) is -1.22. The number of nitrogens with one attached hydrogen (secondary N) is 1. The van der Waals surface area contributed by atoms with Crippen LogP contribution < -0.4 is 15.0 Å². The molecule has 1 fully saturated rings. The van der Waals surface area contributed by atoms with Crippen LogP contribution in [0, 0.1) is 0 Å². The second-order valence-electron chi connectivity index (χ2n) is 8.74. The molecule has 1 amide bonds. The zero-order valence-corrected chi connectivity index (χ0v) is 19.0. The predicted octanol–water partition coefficient (Wildman–Crippen LogP) is 5.31. The largest absolute Gasteiger partial charge is 0.507 e. The Morgan fingerprint density at radius 2 is 2.00 bits per heavy atom. The lowest BCUT2D eigenvalue weighted by molar-refractivity contribution is 0.0981. The summed E-state index contributed by atoms with van der Waals surface area (Å²) in [5, 5.41) is 14.1. The van der Waals surface area contributed by atoms with E-state index in [-0.39, 0.29) is 24.0 Å². The molecule has 1 saturated heterocycles.